The summed E-state index contributed by atoms with van der Waals surface area (Å²) in [6, 6.07) is 0. The van der Waals surface area contributed by atoms with E-state index in [1.165, 1.54) is 6.42 Å². The summed E-state index contributed by atoms with van der Waals surface area (Å²) in [4.78, 5) is 14.4. The van der Waals surface area contributed by atoms with E-state index in [0.717, 1.165) is 31.8 Å². The molecule has 0 saturated heterocycles. The first-order chi connectivity index (χ1) is 7.33. The van der Waals surface area contributed by atoms with Crippen LogP contribution in [0.15, 0.2) is 0 Å². The lowest BCUT2D eigenvalue weighted by atomic mass is 9.89. The maximum atomic E-state index is 12.1. The fourth-order valence-corrected chi connectivity index (χ4v) is 2.46. The molecule has 1 saturated carbocycles. The monoisotopic (exact) mass is 225 g/mol. The van der Waals surface area contributed by atoms with Gasteiger partial charge in [-0.05, 0) is 38.8 Å². The van der Waals surface area contributed by atoms with Crippen molar-refractivity contribution in [3.63, 3.8) is 0 Å². The molecule has 0 aromatic heterocycles. The van der Waals surface area contributed by atoms with Crippen LogP contribution in [0.3, 0.4) is 0 Å². The smallest absolute Gasteiger partial charge is 0.142 e. The highest BCUT2D eigenvalue weighted by atomic mass is 16.1. The van der Waals surface area contributed by atoms with Gasteiger partial charge in [-0.3, -0.25) is 4.79 Å². The SMILES string of the molecule is CC(C)CCN(C)CC1CCC(C)(C)C1=O. The van der Waals surface area contributed by atoms with E-state index in [2.05, 4.69) is 39.6 Å². The first kappa shape index (κ1) is 13.7. The van der Waals surface area contributed by atoms with Crippen LogP contribution in [0.2, 0.25) is 0 Å². The van der Waals surface area contributed by atoms with Crippen molar-refractivity contribution < 1.29 is 4.79 Å². The molecule has 0 aromatic carbocycles. The lowest BCUT2D eigenvalue weighted by Crippen LogP contribution is -2.32. The van der Waals surface area contributed by atoms with Gasteiger partial charge in [-0.25, -0.2) is 0 Å². The maximum absolute atomic E-state index is 12.1. The number of rotatable bonds is 5. The van der Waals surface area contributed by atoms with Crippen LogP contribution in [-0.4, -0.2) is 30.8 Å². The van der Waals surface area contributed by atoms with Crippen molar-refractivity contribution in [2.75, 3.05) is 20.1 Å². The Hall–Kier alpha value is -0.370. The molecule has 0 N–H and O–H groups in total. The second-order valence-electron chi connectivity index (χ2n) is 6.43. The van der Waals surface area contributed by atoms with E-state index in [4.69, 9.17) is 0 Å². The number of carbonyl (C=O) groups excluding carboxylic acids is 1. The van der Waals surface area contributed by atoms with Crippen LogP contribution in [0.5, 0.6) is 0 Å². The van der Waals surface area contributed by atoms with Crippen molar-refractivity contribution in [2.24, 2.45) is 17.3 Å². The van der Waals surface area contributed by atoms with Crippen LogP contribution in [-0.2, 0) is 4.79 Å². The third kappa shape index (κ3) is 3.58. The maximum Gasteiger partial charge on any atom is 0.142 e. The van der Waals surface area contributed by atoms with Crippen molar-refractivity contribution in [3.05, 3.63) is 0 Å². The van der Waals surface area contributed by atoms with Gasteiger partial charge in [-0.1, -0.05) is 27.7 Å². The number of nitrogens with zero attached hydrogens (tertiary/aromatic N) is 1. The Kier molecular flexibility index (Phi) is 4.54. The van der Waals surface area contributed by atoms with Gasteiger partial charge < -0.3 is 4.90 Å². The Morgan fingerprint density at radius 1 is 1.44 bits per heavy atom. The third-order valence-corrected chi connectivity index (χ3v) is 3.78. The van der Waals surface area contributed by atoms with E-state index in [9.17, 15) is 4.79 Å². The lowest BCUT2D eigenvalue weighted by Gasteiger charge is -2.22. The van der Waals surface area contributed by atoms with Gasteiger partial charge in [0.25, 0.3) is 0 Å². The van der Waals surface area contributed by atoms with Crippen LogP contribution >= 0.6 is 0 Å². The molecule has 0 amide bonds. The summed E-state index contributed by atoms with van der Waals surface area (Å²) >= 11 is 0. The van der Waals surface area contributed by atoms with Gasteiger partial charge in [0.2, 0.25) is 0 Å². The number of hydrogen-bond acceptors (Lipinski definition) is 2. The van der Waals surface area contributed by atoms with Crippen LogP contribution in [0.1, 0.15) is 47.0 Å². The summed E-state index contributed by atoms with van der Waals surface area (Å²) in [5.41, 5.74) is -0.0659. The Labute approximate surface area is 100 Å². The summed E-state index contributed by atoms with van der Waals surface area (Å²) < 4.78 is 0. The zero-order chi connectivity index (χ0) is 12.3. The minimum atomic E-state index is -0.0659. The molecule has 1 aliphatic rings. The molecule has 1 rings (SSSR count). The van der Waals surface area contributed by atoms with Gasteiger partial charge in [-0.15, -0.1) is 0 Å². The van der Waals surface area contributed by atoms with E-state index in [1.54, 1.807) is 0 Å². The number of Topliss-reactive ketones (excluding diaryl/α,β-unsaturated/α-hetero) is 1. The molecule has 1 atom stereocenters. The average Bonchev–Trinajstić information content (AvgIpc) is 2.42. The van der Waals surface area contributed by atoms with Crippen LogP contribution in [0, 0.1) is 17.3 Å². The van der Waals surface area contributed by atoms with Crippen LogP contribution in [0.25, 0.3) is 0 Å². The molecular formula is C14H27NO. The first-order valence-electron chi connectivity index (χ1n) is 6.56. The topological polar surface area (TPSA) is 20.3 Å². The Balaban J connectivity index is 2.35. The predicted octanol–water partition coefficient (Wildman–Crippen LogP) is 2.97. The van der Waals surface area contributed by atoms with Crippen molar-refractivity contribution in [1.29, 1.82) is 0 Å². The average molecular weight is 225 g/mol. The van der Waals surface area contributed by atoms with Crippen molar-refractivity contribution in [2.45, 2.75) is 47.0 Å². The van der Waals surface area contributed by atoms with Gasteiger partial charge in [0.05, 0.1) is 0 Å². The second-order valence-corrected chi connectivity index (χ2v) is 6.43. The van der Waals surface area contributed by atoms with Gasteiger partial charge in [0.15, 0.2) is 0 Å². The fourth-order valence-electron chi connectivity index (χ4n) is 2.46. The molecular weight excluding hydrogens is 198 g/mol. The molecule has 1 fully saturated rings. The van der Waals surface area contributed by atoms with Crippen LogP contribution in [0.4, 0.5) is 0 Å². The molecule has 1 aliphatic carbocycles. The predicted molar refractivity (Wildman–Crippen MR) is 68.5 cm³/mol. The summed E-state index contributed by atoms with van der Waals surface area (Å²) in [5.74, 6) is 1.51. The normalized spacial score (nSPS) is 24.7. The quantitative estimate of drug-likeness (QED) is 0.717. The molecule has 2 heteroatoms. The number of hydrogen-bond donors (Lipinski definition) is 0. The van der Waals surface area contributed by atoms with Crippen molar-refractivity contribution in [3.8, 4) is 0 Å². The Bertz CT molecular complexity index is 245. The Morgan fingerprint density at radius 3 is 2.50 bits per heavy atom. The van der Waals surface area contributed by atoms with Crippen molar-refractivity contribution in [1.82, 2.24) is 4.90 Å². The Morgan fingerprint density at radius 2 is 2.06 bits per heavy atom. The molecule has 0 aromatic rings. The molecule has 94 valence electrons. The highest BCUT2D eigenvalue weighted by Crippen LogP contribution is 2.37. The van der Waals surface area contributed by atoms with Crippen molar-refractivity contribution >= 4 is 5.78 Å². The fraction of sp³-hybridized carbons (Fsp3) is 0.929. The van der Waals surface area contributed by atoms with Gasteiger partial charge in [0.1, 0.15) is 5.78 Å². The zero-order valence-electron chi connectivity index (χ0n) is 11.5. The highest BCUT2D eigenvalue weighted by Gasteiger charge is 2.40. The van der Waals surface area contributed by atoms with Gasteiger partial charge in [-0.2, -0.15) is 0 Å². The van der Waals surface area contributed by atoms with E-state index in [-0.39, 0.29) is 11.3 Å². The third-order valence-electron chi connectivity index (χ3n) is 3.78. The standard InChI is InChI=1S/C14H27NO/c1-11(2)7-9-15(5)10-12-6-8-14(3,4)13(12)16/h11-12H,6-10H2,1-5H3. The molecule has 0 radical (unpaired) electrons. The molecule has 2 nitrogen and oxygen atoms in total. The molecule has 16 heavy (non-hydrogen) atoms. The first-order valence-corrected chi connectivity index (χ1v) is 6.56. The summed E-state index contributed by atoms with van der Waals surface area (Å²) in [6.45, 7) is 10.7. The molecule has 0 bridgehead atoms. The summed E-state index contributed by atoms with van der Waals surface area (Å²) in [7, 11) is 2.14. The summed E-state index contributed by atoms with van der Waals surface area (Å²) in [5, 5.41) is 0. The highest BCUT2D eigenvalue weighted by molar-refractivity contribution is 5.88. The zero-order valence-corrected chi connectivity index (χ0v) is 11.5. The molecule has 0 aliphatic heterocycles. The van der Waals surface area contributed by atoms with E-state index < -0.39 is 0 Å². The number of ketones is 1. The van der Waals surface area contributed by atoms with E-state index >= 15 is 0 Å². The minimum Gasteiger partial charge on any atom is -0.306 e. The van der Waals surface area contributed by atoms with Gasteiger partial charge in [0, 0.05) is 17.9 Å². The van der Waals surface area contributed by atoms with Crippen LogP contribution < -0.4 is 0 Å². The largest absolute Gasteiger partial charge is 0.306 e. The lowest BCUT2D eigenvalue weighted by molar-refractivity contribution is -0.127. The van der Waals surface area contributed by atoms with E-state index in [0.29, 0.717) is 5.78 Å². The second kappa shape index (κ2) is 5.31. The molecule has 1 unspecified atom stereocenters. The molecule has 0 spiro atoms. The molecule has 0 heterocycles. The number of carbonyl (C=O) groups is 1. The minimum absolute atomic E-state index is 0.0659. The summed E-state index contributed by atoms with van der Waals surface area (Å²) in [6.07, 6.45) is 3.37. The van der Waals surface area contributed by atoms with E-state index in [1.807, 2.05) is 0 Å². The van der Waals surface area contributed by atoms with Gasteiger partial charge >= 0.3 is 0 Å².